The highest BCUT2D eigenvalue weighted by molar-refractivity contribution is 5.66. The van der Waals surface area contributed by atoms with Gasteiger partial charge in [0.25, 0.3) is 0 Å². The first-order valence-electron chi connectivity index (χ1n) is 6.55. The molecule has 18 heavy (non-hydrogen) atoms. The van der Waals surface area contributed by atoms with Crippen LogP contribution in [0, 0.1) is 5.92 Å². The van der Waals surface area contributed by atoms with Crippen molar-refractivity contribution in [2.75, 3.05) is 19.0 Å². The fourth-order valence-corrected chi connectivity index (χ4v) is 2.62. The Labute approximate surface area is 108 Å². The molecule has 0 aliphatic heterocycles. The van der Waals surface area contributed by atoms with E-state index in [1.165, 1.54) is 11.3 Å². The van der Waals surface area contributed by atoms with E-state index in [1.54, 1.807) is 0 Å². The first kappa shape index (κ1) is 12.9. The molecule has 1 aromatic rings. The van der Waals surface area contributed by atoms with Crippen molar-refractivity contribution in [1.29, 1.82) is 0 Å². The molecule has 0 bridgehead atoms. The molecular formula is C15H21NO2. The number of aliphatic carboxylic acids is 1. The smallest absolute Gasteiger partial charge is 0.303 e. The van der Waals surface area contributed by atoms with Gasteiger partial charge in [0.1, 0.15) is 0 Å². The van der Waals surface area contributed by atoms with Crippen LogP contribution in [0.5, 0.6) is 0 Å². The SMILES string of the molecule is CN(C)c1ccc(C2CC(CCC(=O)O)C2)cc1. The molecular weight excluding hydrogens is 226 g/mol. The molecule has 0 radical (unpaired) electrons. The number of rotatable bonds is 5. The topological polar surface area (TPSA) is 40.5 Å². The van der Waals surface area contributed by atoms with Crippen LogP contribution in [-0.4, -0.2) is 25.2 Å². The lowest BCUT2D eigenvalue weighted by Crippen LogP contribution is -2.22. The van der Waals surface area contributed by atoms with Gasteiger partial charge in [-0.05, 0) is 48.8 Å². The van der Waals surface area contributed by atoms with Crippen molar-refractivity contribution in [3.8, 4) is 0 Å². The molecule has 0 unspecified atom stereocenters. The van der Waals surface area contributed by atoms with Crippen LogP contribution in [0.15, 0.2) is 24.3 Å². The number of anilines is 1. The molecule has 3 heteroatoms. The first-order valence-corrected chi connectivity index (χ1v) is 6.55. The molecule has 0 spiro atoms. The van der Waals surface area contributed by atoms with Gasteiger partial charge in [-0.1, -0.05) is 12.1 Å². The molecule has 98 valence electrons. The average Bonchev–Trinajstić information content (AvgIpc) is 2.27. The Morgan fingerprint density at radius 1 is 1.28 bits per heavy atom. The number of carbonyl (C=O) groups is 1. The van der Waals surface area contributed by atoms with Crippen molar-refractivity contribution in [3.05, 3.63) is 29.8 Å². The fraction of sp³-hybridized carbons (Fsp3) is 0.533. The minimum absolute atomic E-state index is 0.316. The monoisotopic (exact) mass is 247 g/mol. The normalized spacial score (nSPS) is 22.3. The van der Waals surface area contributed by atoms with Gasteiger partial charge in [-0.15, -0.1) is 0 Å². The van der Waals surface area contributed by atoms with Crippen molar-refractivity contribution < 1.29 is 9.90 Å². The second-order valence-electron chi connectivity index (χ2n) is 5.45. The Balaban J connectivity index is 1.82. The van der Waals surface area contributed by atoms with Gasteiger partial charge in [-0.3, -0.25) is 4.79 Å². The van der Waals surface area contributed by atoms with E-state index in [9.17, 15) is 4.79 Å². The van der Waals surface area contributed by atoms with Gasteiger partial charge < -0.3 is 10.0 Å². The number of hydrogen-bond donors (Lipinski definition) is 1. The van der Waals surface area contributed by atoms with Crippen LogP contribution in [0.3, 0.4) is 0 Å². The highest BCUT2D eigenvalue weighted by Gasteiger charge is 2.30. The van der Waals surface area contributed by atoms with Crippen molar-refractivity contribution in [1.82, 2.24) is 0 Å². The van der Waals surface area contributed by atoms with Crippen molar-refractivity contribution in [2.45, 2.75) is 31.6 Å². The highest BCUT2D eigenvalue weighted by Crippen LogP contribution is 2.43. The zero-order chi connectivity index (χ0) is 13.1. The Bertz CT molecular complexity index is 405. The van der Waals surface area contributed by atoms with E-state index in [0.717, 1.165) is 19.3 Å². The molecule has 3 nitrogen and oxygen atoms in total. The van der Waals surface area contributed by atoms with Gasteiger partial charge in [0.15, 0.2) is 0 Å². The van der Waals surface area contributed by atoms with E-state index < -0.39 is 5.97 Å². The second-order valence-corrected chi connectivity index (χ2v) is 5.45. The zero-order valence-electron chi connectivity index (χ0n) is 11.1. The van der Waals surface area contributed by atoms with Crippen LogP contribution in [0.4, 0.5) is 5.69 Å². The fourth-order valence-electron chi connectivity index (χ4n) is 2.62. The molecule has 1 fully saturated rings. The van der Waals surface area contributed by atoms with Crippen LogP contribution >= 0.6 is 0 Å². The summed E-state index contributed by atoms with van der Waals surface area (Å²) >= 11 is 0. The summed E-state index contributed by atoms with van der Waals surface area (Å²) in [6.45, 7) is 0. The molecule has 0 atom stereocenters. The lowest BCUT2D eigenvalue weighted by molar-refractivity contribution is -0.137. The molecule has 0 saturated heterocycles. The minimum Gasteiger partial charge on any atom is -0.481 e. The van der Waals surface area contributed by atoms with Crippen molar-refractivity contribution in [3.63, 3.8) is 0 Å². The highest BCUT2D eigenvalue weighted by atomic mass is 16.4. The molecule has 0 aromatic heterocycles. The summed E-state index contributed by atoms with van der Waals surface area (Å²) in [5.74, 6) is 0.577. The van der Waals surface area contributed by atoms with Gasteiger partial charge in [0.2, 0.25) is 0 Å². The van der Waals surface area contributed by atoms with Crippen molar-refractivity contribution in [2.24, 2.45) is 5.92 Å². The van der Waals surface area contributed by atoms with Gasteiger partial charge in [0.05, 0.1) is 0 Å². The van der Waals surface area contributed by atoms with Crippen LogP contribution in [0.1, 0.15) is 37.2 Å². The van der Waals surface area contributed by atoms with E-state index in [0.29, 0.717) is 18.3 Å². The van der Waals surface area contributed by atoms with E-state index in [4.69, 9.17) is 5.11 Å². The lowest BCUT2D eigenvalue weighted by Gasteiger charge is -2.35. The first-order chi connectivity index (χ1) is 8.56. The Morgan fingerprint density at radius 3 is 2.39 bits per heavy atom. The van der Waals surface area contributed by atoms with Gasteiger partial charge in [0, 0.05) is 26.2 Å². The third-order valence-electron chi connectivity index (χ3n) is 3.88. The van der Waals surface area contributed by atoms with Gasteiger partial charge in [-0.2, -0.15) is 0 Å². The molecule has 0 heterocycles. The zero-order valence-corrected chi connectivity index (χ0v) is 11.1. The van der Waals surface area contributed by atoms with E-state index in [1.807, 2.05) is 14.1 Å². The summed E-state index contributed by atoms with van der Waals surface area (Å²) in [6.07, 6.45) is 3.45. The van der Waals surface area contributed by atoms with E-state index in [-0.39, 0.29) is 0 Å². The number of benzene rings is 1. The summed E-state index contributed by atoms with van der Waals surface area (Å²) in [5.41, 5.74) is 2.62. The largest absolute Gasteiger partial charge is 0.481 e. The number of carboxylic acids is 1. The molecule has 0 amide bonds. The molecule has 1 aliphatic carbocycles. The summed E-state index contributed by atoms with van der Waals surface area (Å²) < 4.78 is 0. The van der Waals surface area contributed by atoms with Crippen LogP contribution in [-0.2, 0) is 4.79 Å². The second kappa shape index (κ2) is 5.42. The van der Waals surface area contributed by atoms with Crippen LogP contribution in [0.25, 0.3) is 0 Å². The summed E-state index contributed by atoms with van der Waals surface area (Å²) in [6, 6.07) is 8.71. The number of nitrogens with zero attached hydrogens (tertiary/aromatic N) is 1. The third-order valence-corrected chi connectivity index (χ3v) is 3.88. The van der Waals surface area contributed by atoms with E-state index in [2.05, 4.69) is 29.2 Å². The van der Waals surface area contributed by atoms with Gasteiger partial charge >= 0.3 is 5.97 Å². The number of carboxylic acid groups (broad SMARTS) is 1. The van der Waals surface area contributed by atoms with E-state index >= 15 is 0 Å². The molecule has 2 rings (SSSR count). The summed E-state index contributed by atoms with van der Waals surface area (Å²) in [5, 5.41) is 8.64. The summed E-state index contributed by atoms with van der Waals surface area (Å²) in [4.78, 5) is 12.6. The standard InChI is InChI=1S/C15H21NO2/c1-16(2)14-6-4-12(5-7-14)13-9-11(10-13)3-8-15(17)18/h4-7,11,13H,3,8-10H2,1-2H3,(H,17,18). The Morgan fingerprint density at radius 2 is 1.89 bits per heavy atom. The molecule has 1 N–H and O–H groups in total. The molecule has 1 saturated carbocycles. The van der Waals surface area contributed by atoms with Crippen LogP contribution < -0.4 is 4.90 Å². The lowest BCUT2D eigenvalue weighted by atomic mass is 9.70. The summed E-state index contributed by atoms with van der Waals surface area (Å²) in [7, 11) is 4.08. The third kappa shape index (κ3) is 3.03. The Hall–Kier alpha value is -1.51. The van der Waals surface area contributed by atoms with Gasteiger partial charge in [-0.25, -0.2) is 0 Å². The predicted octanol–water partition coefficient (Wildman–Crippen LogP) is 3.11. The average molecular weight is 247 g/mol. The maximum absolute atomic E-state index is 10.5. The maximum atomic E-state index is 10.5. The number of hydrogen-bond acceptors (Lipinski definition) is 2. The van der Waals surface area contributed by atoms with Crippen LogP contribution in [0.2, 0.25) is 0 Å². The maximum Gasteiger partial charge on any atom is 0.303 e. The molecule has 1 aliphatic rings. The minimum atomic E-state index is -0.672. The predicted molar refractivity (Wildman–Crippen MR) is 73.1 cm³/mol. The van der Waals surface area contributed by atoms with Crippen molar-refractivity contribution >= 4 is 11.7 Å². The quantitative estimate of drug-likeness (QED) is 0.869. The molecule has 1 aromatic carbocycles. The Kier molecular flexibility index (Phi) is 3.90.